The van der Waals surface area contributed by atoms with Crippen molar-refractivity contribution >= 4 is 45.3 Å². The Hall–Kier alpha value is -0.820. The lowest BCUT2D eigenvalue weighted by Gasteiger charge is -2.13. The fourth-order valence-electron chi connectivity index (χ4n) is 2.08. The molecule has 0 bridgehead atoms. The van der Waals surface area contributed by atoms with Gasteiger partial charge in [0.05, 0.1) is 10.9 Å². The van der Waals surface area contributed by atoms with Crippen LogP contribution in [-0.4, -0.2) is 15.3 Å². The number of allylic oxidation sites excluding steroid dienone is 1. The van der Waals surface area contributed by atoms with Crippen molar-refractivity contribution in [1.29, 1.82) is 0 Å². The maximum atomic E-state index is 12.8. The Morgan fingerprint density at radius 2 is 2.18 bits per heavy atom. The molecule has 0 atom stereocenters. The van der Waals surface area contributed by atoms with Crippen molar-refractivity contribution in [2.24, 2.45) is 5.92 Å². The lowest BCUT2D eigenvalue weighted by molar-refractivity contribution is 0.625. The summed E-state index contributed by atoms with van der Waals surface area (Å²) in [5.74, 6) is 1.62. The third-order valence-electron chi connectivity index (χ3n) is 3.24. The van der Waals surface area contributed by atoms with Crippen molar-refractivity contribution in [1.82, 2.24) is 9.55 Å². The van der Waals surface area contributed by atoms with Gasteiger partial charge in [0.2, 0.25) is 0 Å². The highest BCUT2D eigenvalue weighted by Gasteiger charge is 2.12. The summed E-state index contributed by atoms with van der Waals surface area (Å²) in [6.07, 6.45) is 1.11. The van der Waals surface area contributed by atoms with Gasteiger partial charge in [-0.05, 0) is 60.1 Å². The number of hydrogen-bond acceptors (Lipinski definition) is 3. The highest BCUT2D eigenvalue weighted by molar-refractivity contribution is 14.1. The predicted molar refractivity (Wildman–Crippen MR) is 104 cm³/mol. The molecule has 2 rings (SSSR count). The molecule has 1 heterocycles. The van der Waals surface area contributed by atoms with Crippen LogP contribution in [-0.2, 0) is 6.54 Å². The quantitative estimate of drug-likeness (QED) is 0.289. The standard InChI is InChI=1S/C17H21IN2OS/c1-11(2)7-8-22-17-19-15-6-5-13(18)9-14(15)16(21)20(17)10-12(3)4/h5-6,9,11H,3,7-8,10H2,1-2,4H3. The van der Waals surface area contributed by atoms with Crippen LogP contribution in [0.3, 0.4) is 0 Å². The molecule has 0 unspecified atom stereocenters. The van der Waals surface area contributed by atoms with E-state index in [9.17, 15) is 4.79 Å². The van der Waals surface area contributed by atoms with Crippen LogP contribution in [0, 0.1) is 9.49 Å². The van der Waals surface area contributed by atoms with Crippen molar-refractivity contribution < 1.29 is 0 Å². The molecule has 0 radical (unpaired) electrons. The van der Waals surface area contributed by atoms with Crippen molar-refractivity contribution in [2.45, 2.75) is 38.9 Å². The molecule has 0 saturated heterocycles. The van der Waals surface area contributed by atoms with Crippen LogP contribution in [0.4, 0.5) is 0 Å². The first kappa shape index (κ1) is 17.5. The SMILES string of the molecule is C=C(C)Cn1c(SCCC(C)C)nc2ccc(I)cc2c1=O. The molecule has 0 aliphatic carbocycles. The Kier molecular flexibility index (Phi) is 6.09. The summed E-state index contributed by atoms with van der Waals surface area (Å²) in [6, 6.07) is 5.82. The maximum absolute atomic E-state index is 12.8. The number of benzene rings is 1. The van der Waals surface area contributed by atoms with Crippen LogP contribution in [0.25, 0.3) is 10.9 Å². The zero-order chi connectivity index (χ0) is 16.3. The number of thioether (sulfide) groups is 1. The lowest BCUT2D eigenvalue weighted by atomic mass is 10.2. The Bertz CT molecular complexity index is 752. The second-order valence-corrected chi connectivity index (χ2v) is 8.24. The zero-order valence-corrected chi connectivity index (χ0v) is 16.2. The van der Waals surface area contributed by atoms with Crippen LogP contribution in [0.1, 0.15) is 27.2 Å². The first-order valence-electron chi connectivity index (χ1n) is 7.35. The van der Waals surface area contributed by atoms with Crippen molar-refractivity contribution in [3.05, 3.63) is 44.3 Å². The molecular weight excluding hydrogens is 407 g/mol. The summed E-state index contributed by atoms with van der Waals surface area (Å²) in [7, 11) is 0. The first-order valence-corrected chi connectivity index (χ1v) is 9.42. The van der Waals surface area contributed by atoms with Gasteiger partial charge < -0.3 is 0 Å². The molecule has 22 heavy (non-hydrogen) atoms. The van der Waals surface area contributed by atoms with Gasteiger partial charge in [-0.2, -0.15) is 0 Å². The first-order chi connectivity index (χ1) is 10.4. The molecule has 5 heteroatoms. The molecule has 118 valence electrons. The average molecular weight is 428 g/mol. The highest BCUT2D eigenvalue weighted by atomic mass is 127. The molecule has 3 nitrogen and oxygen atoms in total. The number of rotatable bonds is 6. The van der Waals surface area contributed by atoms with E-state index >= 15 is 0 Å². The summed E-state index contributed by atoms with van der Waals surface area (Å²) in [5.41, 5.74) is 1.76. The lowest BCUT2D eigenvalue weighted by Crippen LogP contribution is -2.24. The van der Waals surface area contributed by atoms with E-state index < -0.39 is 0 Å². The van der Waals surface area contributed by atoms with Gasteiger partial charge in [0.25, 0.3) is 5.56 Å². The van der Waals surface area contributed by atoms with E-state index in [1.807, 2.05) is 25.1 Å². The second-order valence-electron chi connectivity index (χ2n) is 5.94. The average Bonchev–Trinajstić information content (AvgIpc) is 2.43. The minimum absolute atomic E-state index is 0.0264. The molecule has 0 spiro atoms. The molecule has 2 aromatic rings. The van der Waals surface area contributed by atoms with Gasteiger partial charge in [-0.1, -0.05) is 37.8 Å². The summed E-state index contributed by atoms with van der Waals surface area (Å²) < 4.78 is 2.80. The van der Waals surface area contributed by atoms with Crippen molar-refractivity contribution in [3.63, 3.8) is 0 Å². The van der Waals surface area contributed by atoms with Crippen LogP contribution < -0.4 is 5.56 Å². The van der Waals surface area contributed by atoms with Gasteiger partial charge in [0.1, 0.15) is 0 Å². The molecule has 1 aromatic heterocycles. The molecule has 0 aliphatic heterocycles. The molecule has 0 fully saturated rings. The normalized spacial score (nSPS) is 11.3. The summed E-state index contributed by atoms with van der Waals surface area (Å²) in [5, 5.41) is 1.48. The topological polar surface area (TPSA) is 34.9 Å². The smallest absolute Gasteiger partial charge is 0.262 e. The number of fused-ring (bicyclic) bond motifs is 1. The minimum atomic E-state index is 0.0264. The van der Waals surface area contributed by atoms with E-state index in [4.69, 9.17) is 4.98 Å². The molecular formula is C17H21IN2OS. The summed E-state index contributed by atoms with van der Waals surface area (Å²) >= 11 is 3.88. The minimum Gasteiger partial charge on any atom is -0.283 e. The van der Waals surface area contributed by atoms with Gasteiger partial charge in [0, 0.05) is 15.9 Å². The number of hydrogen-bond donors (Lipinski definition) is 0. The molecule has 0 amide bonds. The van der Waals surface area contributed by atoms with Crippen LogP contribution in [0.5, 0.6) is 0 Å². The van der Waals surface area contributed by atoms with E-state index in [0.717, 1.165) is 32.0 Å². The molecule has 0 N–H and O–H groups in total. The number of nitrogens with zero attached hydrogens (tertiary/aromatic N) is 2. The Morgan fingerprint density at radius 1 is 1.45 bits per heavy atom. The van der Waals surface area contributed by atoms with E-state index in [0.29, 0.717) is 17.8 Å². The third-order valence-corrected chi connectivity index (χ3v) is 4.92. The predicted octanol–water partition coefficient (Wildman–Crippen LogP) is 4.72. The van der Waals surface area contributed by atoms with Gasteiger partial charge in [-0.3, -0.25) is 9.36 Å². The fourth-order valence-corrected chi connectivity index (χ4v) is 3.81. The van der Waals surface area contributed by atoms with Crippen LogP contribution in [0.2, 0.25) is 0 Å². The van der Waals surface area contributed by atoms with Crippen molar-refractivity contribution in [3.8, 4) is 0 Å². The summed E-state index contributed by atoms with van der Waals surface area (Å²) in [6.45, 7) is 10.8. The van der Waals surface area contributed by atoms with Gasteiger partial charge in [-0.25, -0.2) is 4.98 Å². The highest BCUT2D eigenvalue weighted by Crippen LogP contribution is 2.21. The molecule has 0 saturated carbocycles. The van der Waals surface area contributed by atoms with Crippen LogP contribution >= 0.6 is 34.4 Å². The van der Waals surface area contributed by atoms with Gasteiger partial charge in [0.15, 0.2) is 5.16 Å². The third kappa shape index (κ3) is 4.35. The Balaban J connectivity index is 2.49. The van der Waals surface area contributed by atoms with Crippen LogP contribution in [0.15, 0.2) is 40.3 Å². The molecule has 0 aliphatic rings. The van der Waals surface area contributed by atoms with Gasteiger partial charge >= 0.3 is 0 Å². The van der Waals surface area contributed by atoms with E-state index in [1.54, 1.807) is 16.3 Å². The monoisotopic (exact) mass is 428 g/mol. The largest absolute Gasteiger partial charge is 0.283 e. The maximum Gasteiger partial charge on any atom is 0.262 e. The summed E-state index contributed by atoms with van der Waals surface area (Å²) in [4.78, 5) is 17.5. The second kappa shape index (κ2) is 7.64. The molecule has 1 aromatic carbocycles. The zero-order valence-electron chi connectivity index (χ0n) is 13.2. The Labute approximate surface area is 149 Å². The van der Waals surface area contributed by atoms with E-state index in [1.165, 1.54) is 0 Å². The Morgan fingerprint density at radius 3 is 2.82 bits per heavy atom. The van der Waals surface area contributed by atoms with Crippen molar-refractivity contribution in [2.75, 3.05) is 5.75 Å². The van der Waals surface area contributed by atoms with E-state index in [-0.39, 0.29) is 5.56 Å². The van der Waals surface area contributed by atoms with Gasteiger partial charge in [-0.15, -0.1) is 0 Å². The fraction of sp³-hybridized carbons (Fsp3) is 0.412. The van der Waals surface area contributed by atoms with E-state index in [2.05, 4.69) is 43.0 Å². The number of aromatic nitrogens is 2. The number of halogens is 1.